The summed E-state index contributed by atoms with van der Waals surface area (Å²) < 4.78 is 14.3. The van der Waals surface area contributed by atoms with Crippen LogP contribution in [0.3, 0.4) is 0 Å². The van der Waals surface area contributed by atoms with Crippen molar-refractivity contribution >= 4 is 32.5 Å². The number of fused-ring (bicyclic) bond motifs is 3. The lowest BCUT2D eigenvalue weighted by molar-refractivity contribution is -0.0366. The van der Waals surface area contributed by atoms with Gasteiger partial charge in [0.15, 0.2) is 5.60 Å². The first-order valence-electron chi connectivity index (χ1n) is 8.74. The summed E-state index contributed by atoms with van der Waals surface area (Å²) in [6.45, 7) is 0. The van der Waals surface area contributed by atoms with Crippen molar-refractivity contribution in [1.29, 1.82) is 0 Å². The van der Waals surface area contributed by atoms with Crippen LogP contribution in [0.5, 0.6) is 0 Å². The number of rotatable bonds is 1. The Hall–Kier alpha value is -2.27. The zero-order valence-corrected chi connectivity index (χ0v) is 15.6. The SMILES string of the molecule is Fc1ccc(C2=NO[C@@]3(CCCc4nc5ccc(Br)cc5cc43)C2)cc1. The molecule has 0 amide bonds. The lowest BCUT2D eigenvalue weighted by atomic mass is 9.77. The largest absolute Gasteiger partial charge is 0.384 e. The molecule has 2 aliphatic rings. The first kappa shape index (κ1) is 15.9. The van der Waals surface area contributed by atoms with Crippen molar-refractivity contribution in [3.05, 3.63) is 75.6 Å². The second-order valence-corrected chi connectivity index (χ2v) is 7.90. The summed E-state index contributed by atoms with van der Waals surface area (Å²) in [5.74, 6) is -0.243. The Balaban J connectivity index is 1.57. The third-order valence-electron chi connectivity index (χ3n) is 5.30. The fourth-order valence-electron chi connectivity index (χ4n) is 4.00. The van der Waals surface area contributed by atoms with Crippen molar-refractivity contribution in [2.45, 2.75) is 31.3 Å². The summed E-state index contributed by atoms with van der Waals surface area (Å²) in [5, 5.41) is 5.46. The average molecular weight is 411 g/mol. The maximum Gasteiger partial charge on any atom is 0.170 e. The second-order valence-electron chi connectivity index (χ2n) is 6.98. The van der Waals surface area contributed by atoms with E-state index in [-0.39, 0.29) is 5.82 Å². The molecule has 0 saturated heterocycles. The van der Waals surface area contributed by atoms with Crippen LogP contribution in [0, 0.1) is 5.82 Å². The molecule has 0 radical (unpaired) electrons. The molecule has 2 heterocycles. The smallest absolute Gasteiger partial charge is 0.170 e. The second kappa shape index (κ2) is 5.88. The maximum atomic E-state index is 13.2. The van der Waals surface area contributed by atoms with Crippen molar-refractivity contribution in [2.75, 3.05) is 0 Å². The van der Waals surface area contributed by atoms with Gasteiger partial charge in [0.2, 0.25) is 0 Å². The van der Waals surface area contributed by atoms with Gasteiger partial charge in [-0.3, -0.25) is 4.98 Å². The number of pyridine rings is 1. The Labute approximate surface area is 159 Å². The Morgan fingerprint density at radius 3 is 2.77 bits per heavy atom. The molecule has 5 heteroatoms. The number of nitrogens with zero attached hydrogens (tertiary/aromatic N) is 2. The molecule has 26 heavy (non-hydrogen) atoms. The quantitative estimate of drug-likeness (QED) is 0.531. The summed E-state index contributed by atoms with van der Waals surface area (Å²) in [6.07, 6.45) is 3.58. The molecule has 5 rings (SSSR count). The van der Waals surface area contributed by atoms with Crippen LogP contribution in [0.25, 0.3) is 10.9 Å². The lowest BCUT2D eigenvalue weighted by Gasteiger charge is -2.32. The zero-order valence-electron chi connectivity index (χ0n) is 14.0. The predicted molar refractivity (Wildman–Crippen MR) is 103 cm³/mol. The van der Waals surface area contributed by atoms with Gasteiger partial charge in [-0.1, -0.05) is 33.2 Å². The highest BCUT2D eigenvalue weighted by Gasteiger charge is 2.45. The van der Waals surface area contributed by atoms with Crippen LogP contribution >= 0.6 is 15.9 Å². The molecule has 1 aromatic heterocycles. The summed E-state index contributed by atoms with van der Waals surface area (Å²) in [6, 6.07) is 14.8. The van der Waals surface area contributed by atoms with Crippen molar-refractivity contribution in [3.8, 4) is 0 Å². The third-order valence-corrected chi connectivity index (χ3v) is 5.80. The monoisotopic (exact) mass is 410 g/mol. The van der Waals surface area contributed by atoms with Gasteiger partial charge in [0.25, 0.3) is 0 Å². The Morgan fingerprint density at radius 2 is 1.92 bits per heavy atom. The van der Waals surface area contributed by atoms with E-state index < -0.39 is 5.60 Å². The number of hydrogen-bond donors (Lipinski definition) is 0. The van der Waals surface area contributed by atoms with Crippen molar-refractivity contribution < 1.29 is 9.23 Å². The van der Waals surface area contributed by atoms with Crippen LogP contribution in [0.4, 0.5) is 4.39 Å². The van der Waals surface area contributed by atoms with Gasteiger partial charge in [-0.2, -0.15) is 0 Å². The number of aryl methyl sites for hydroxylation is 1. The van der Waals surface area contributed by atoms with Crippen molar-refractivity contribution in [1.82, 2.24) is 4.98 Å². The predicted octanol–water partition coefficient (Wildman–Crippen LogP) is 5.49. The van der Waals surface area contributed by atoms with E-state index in [9.17, 15) is 4.39 Å². The van der Waals surface area contributed by atoms with Gasteiger partial charge in [0, 0.05) is 27.5 Å². The van der Waals surface area contributed by atoms with Crippen LogP contribution in [0.1, 0.15) is 36.1 Å². The highest BCUT2D eigenvalue weighted by atomic mass is 79.9. The molecular weight excluding hydrogens is 395 g/mol. The molecule has 1 aliphatic carbocycles. The Bertz CT molecular complexity index is 1050. The summed E-state index contributed by atoms with van der Waals surface area (Å²) >= 11 is 3.54. The van der Waals surface area contributed by atoms with E-state index in [2.05, 4.69) is 33.2 Å². The van der Waals surface area contributed by atoms with E-state index in [0.29, 0.717) is 6.42 Å². The van der Waals surface area contributed by atoms with Gasteiger partial charge in [-0.05, 0) is 61.2 Å². The summed E-state index contributed by atoms with van der Waals surface area (Å²) in [5.41, 5.74) is 4.55. The molecule has 1 spiro atoms. The molecule has 0 fully saturated rings. The Kier molecular flexibility index (Phi) is 3.60. The highest BCUT2D eigenvalue weighted by Crippen LogP contribution is 2.45. The highest BCUT2D eigenvalue weighted by molar-refractivity contribution is 9.10. The Morgan fingerprint density at radius 1 is 1.08 bits per heavy atom. The van der Waals surface area contributed by atoms with E-state index in [0.717, 1.165) is 57.2 Å². The molecule has 3 nitrogen and oxygen atoms in total. The van der Waals surface area contributed by atoms with Crippen LogP contribution in [-0.4, -0.2) is 10.7 Å². The van der Waals surface area contributed by atoms with Gasteiger partial charge in [0.05, 0.1) is 11.2 Å². The number of aromatic nitrogens is 1. The summed E-state index contributed by atoms with van der Waals surface area (Å²) in [7, 11) is 0. The molecule has 0 saturated carbocycles. The molecule has 3 aromatic rings. The standard InChI is InChI=1S/C21H16BrFN2O/c22-15-5-8-18-14(10-15)11-17-19(24-18)2-1-9-21(17)12-20(25-26-21)13-3-6-16(23)7-4-13/h3-8,10-11H,1-2,9,12H2/t21-/m0/s1. The molecule has 0 bridgehead atoms. The van der Waals surface area contributed by atoms with E-state index in [1.54, 1.807) is 12.1 Å². The number of benzene rings is 2. The van der Waals surface area contributed by atoms with Gasteiger partial charge in [-0.25, -0.2) is 4.39 Å². The van der Waals surface area contributed by atoms with Crippen LogP contribution < -0.4 is 0 Å². The van der Waals surface area contributed by atoms with E-state index in [1.165, 1.54) is 12.1 Å². The van der Waals surface area contributed by atoms with Gasteiger partial charge >= 0.3 is 0 Å². The van der Waals surface area contributed by atoms with Gasteiger partial charge in [-0.15, -0.1) is 0 Å². The van der Waals surface area contributed by atoms with E-state index >= 15 is 0 Å². The molecule has 0 unspecified atom stereocenters. The normalized spacial score (nSPS) is 21.5. The molecule has 1 atom stereocenters. The third kappa shape index (κ3) is 2.53. The van der Waals surface area contributed by atoms with E-state index in [4.69, 9.17) is 9.82 Å². The minimum absolute atomic E-state index is 0.243. The maximum absolute atomic E-state index is 13.2. The number of oxime groups is 1. The molecule has 0 N–H and O–H groups in total. The van der Waals surface area contributed by atoms with Crippen LogP contribution in [0.15, 0.2) is 58.2 Å². The molecule has 2 aromatic carbocycles. The molecule has 1 aliphatic heterocycles. The van der Waals surface area contributed by atoms with Crippen LogP contribution in [0.2, 0.25) is 0 Å². The summed E-state index contributed by atoms with van der Waals surface area (Å²) in [4.78, 5) is 10.9. The van der Waals surface area contributed by atoms with Gasteiger partial charge in [0.1, 0.15) is 5.82 Å². The van der Waals surface area contributed by atoms with Gasteiger partial charge < -0.3 is 4.84 Å². The lowest BCUT2D eigenvalue weighted by Crippen LogP contribution is -2.31. The topological polar surface area (TPSA) is 34.5 Å². The van der Waals surface area contributed by atoms with Crippen molar-refractivity contribution in [2.24, 2.45) is 5.16 Å². The molecular formula is C21H16BrFN2O. The minimum atomic E-state index is -0.458. The average Bonchev–Trinajstić information content (AvgIpc) is 3.06. The first-order chi connectivity index (χ1) is 12.6. The number of halogens is 2. The fourth-order valence-corrected chi connectivity index (χ4v) is 4.38. The fraction of sp³-hybridized carbons (Fsp3) is 0.238. The van der Waals surface area contributed by atoms with E-state index in [1.807, 2.05) is 12.1 Å². The zero-order chi connectivity index (χ0) is 17.7. The number of hydrogen-bond acceptors (Lipinski definition) is 3. The minimum Gasteiger partial charge on any atom is -0.384 e. The van der Waals surface area contributed by atoms with Crippen LogP contribution in [-0.2, 0) is 16.9 Å². The molecule has 130 valence electrons. The first-order valence-corrected chi connectivity index (χ1v) is 9.53. The van der Waals surface area contributed by atoms with Crippen molar-refractivity contribution in [3.63, 3.8) is 0 Å².